The third-order valence-corrected chi connectivity index (χ3v) is 3.74. The number of rotatable bonds is 2. The average Bonchev–Trinajstić information content (AvgIpc) is 2.47. The molecule has 14 heavy (non-hydrogen) atoms. The number of nitrogens with zero attached hydrogens (tertiary/aromatic N) is 2. The average molecular weight is 306 g/mol. The second-order valence-corrected chi connectivity index (χ2v) is 4.90. The minimum Gasteiger partial charge on any atom is -0.381 e. The Bertz CT molecular complexity index is 286. The van der Waals surface area contributed by atoms with E-state index in [-0.39, 0.29) is 0 Å². The zero-order chi connectivity index (χ0) is 9.97. The van der Waals surface area contributed by atoms with E-state index >= 15 is 0 Å². The van der Waals surface area contributed by atoms with Crippen LogP contribution in [0.1, 0.15) is 18.4 Å². The maximum atomic E-state index is 5.34. The molecule has 0 unspecified atom stereocenters. The van der Waals surface area contributed by atoms with Crippen LogP contribution in [-0.4, -0.2) is 23.0 Å². The largest absolute Gasteiger partial charge is 0.381 e. The summed E-state index contributed by atoms with van der Waals surface area (Å²) in [6.07, 6.45) is 4.49. The van der Waals surface area contributed by atoms with E-state index in [1.54, 1.807) is 0 Å². The van der Waals surface area contributed by atoms with Crippen molar-refractivity contribution in [1.82, 2.24) is 9.78 Å². The molecular weight excluding hydrogens is 291 g/mol. The predicted octanol–water partition coefficient (Wildman–Crippen LogP) is 2.22. The van der Waals surface area contributed by atoms with Crippen LogP contribution < -0.4 is 0 Å². The van der Waals surface area contributed by atoms with Gasteiger partial charge in [0.2, 0.25) is 0 Å². The Morgan fingerprint density at radius 2 is 2.29 bits per heavy atom. The standard InChI is InChI=1S/C10H15IN2O/c1-8-6-13(12-10(8)11)7-9-2-4-14-5-3-9/h6,9H,2-5,7H2,1H3. The fourth-order valence-corrected chi connectivity index (χ4v) is 2.20. The van der Waals surface area contributed by atoms with Crippen LogP contribution in [0.3, 0.4) is 0 Å². The van der Waals surface area contributed by atoms with E-state index in [2.05, 4.69) is 45.5 Å². The van der Waals surface area contributed by atoms with E-state index in [0.717, 1.165) is 29.4 Å². The van der Waals surface area contributed by atoms with Gasteiger partial charge >= 0.3 is 0 Å². The normalized spacial score (nSPS) is 18.7. The third kappa shape index (κ3) is 2.48. The maximum Gasteiger partial charge on any atom is 0.126 e. The molecule has 0 N–H and O–H groups in total. The SMILES string of the molecule is Cc1cn(CC2CCOCC2)nc1I. The van der Waals surface area contributed by atoms with Gasteiger partial charge < -0.3 is 4.74 Å². The van der Waals surface area contributed by atoms with Crippen LogP contribution in [-0.2, 0) is 11.3 Å². The number of hydrogen-bond acceptors (Lipinski definition) is 2. The molecular formula is C10H15IN2O. The van der Waals surface area contributed by atoms with Crippen LogP contribution in [0.2, 0.25) is 0 Å². The van der Waals surface area contributed by atoms with E-state index < -0.39 is 0 Å². The quantitative estimate of drug-likeness (QED) is 0.784. The van der Waals surface area contributed by atoms with Gasteiger partial charge in [-0.15, -0.1) is 0 Å². The van der Waals surface area contributed by atoms with Gasteiger partial charge in [-0.25, -0.2) is 0 Å². The molecule has 0 saturated carbocycles. The fourth-order valence-electron chi connectivity index (χ4n) is 1.78. The van der Waals surface area contributed by atoms with Gasteiger partial charge in [-0.05, 0) is 48.3 Å². The smallest absolute Gasteiger partial charge is 0.126 e. The number of aromatic nitrogens is 2. The summed E-state index contributed by atoms with van der Waals surface area (Å²) < 4.78 is 8.53. The number of ether oxygens (including phenoxy) is 1. The highest BCUT2D eigenvalue weighted by Gasteiger charge is 2.15. The van der Waals surface area contributed by atoms with Crippen LogP contribution in [0.15, 0.2) is 6.20 Å². The van der Waals surface area contributed by atoms with E-state index in [4.69, 9.17) is 4.74 Å². The lowest BCUT2D eigenvalue weighted by Gasteiger charge is -2.21. The van der Waals surface area contributed by atoms with Gasteiger partial charge in [0.15, 0.2) is 0 Å². The molecule has 1 aromatic heterocycles. The maximum absolute atomic E-state index is 5.34. The Labute approximate surface area is 98.0 Å². The fraction of sp³-hybridized carbons (Fsp3) is 0.700. The van der Waals surface area contributed by atoms with Crippen molar-refractivity contribution in [3.05, 3.63) is 15.5 Å². The lowest BCUT2D eigenvalue weighted by molar-refractivity contribution is 0.0601. The summed E-state index contributed by atoms with van der Waals surface area (Å²) in [6.45, 7) is 4.99. The lowest BCUT2D eigenvalue weighted by atomic mass is 10.0. The van der Waals surface area contributed by atoms with Crippen molar-refractivity contribution in [2.75, 3.05) is 13.2 Å². The monoisotopic (exact) mass is 306 g/mol. The zero-order valence-corrected chi connectivity index (χ0v) is 10.5. The van der Waals surface area contributed by atoms with Crippen molar-refractivity contribution >= 4 is 22.6 Å². The Morgan fingerprint density at radius 1 is 1.57 bits per heavy atom. The first-order valence-electron chi connectivity index (χ1n) is 5.03. The highest BCUT2D eigenvalue weighted by molar-refractivity contribution is 14.1. The van der Waals surface area contributed by atoms with E-state index in [1.165, 1.54) is 18.4 Å². The summed E-state index contributed by atoms with van der Waals surface area (Å²) in [7, 11) is 0. The van der Waals surface area contributed by atoms with Gasteiger partial charge in [-0.2, -0.15) is 5.10 Å². The van der Waals surface area contributed by atoms with Gasteiger partial charge in [0.05, 0.1) is 0 Å². The molecule has 2 heterocycles. The van der Waals surface area contributed by atoms with Gasteiger partial charge in [-0.1, -0.05) is 0 Å². The van der Waals surface area contributed by atoms with Crippen molar-refractivity contribution in [2.24, 2.45) is 5.92 Å². The summed E-state index contributed by atoms with van der Waals surface area (Å²) in [6, 6.07) is 0. The molecule has 0 amide bonds. The molecule has 4 heteroatoms. The van der Waals surface area contributed by atoms with E-state index in [9.17, 15) is 0 Å². The Kier molecular flexibility index (Phi) is 3.43. The first-order valence-corrected chi connectivity index (χ1v) is 6.11. The van der Waals surface area contributed by atoms with Crippen molar-refractivity contribution < 1.29 is 4.74 Å². The molecule has 1 fully saturated rings. The van der Waals surface area contributed by atoms with E-state index in [1.807, 2.05) is 0 Å². The molecule has 2 rings (SSSR count). The summed E-state index contributed by atoms with van der Waals surface area (Å²) in [5.41, 5.74) is 1.28. The molecule has 1 aliphatic heterocycles. The first kappa shape index (κ1) is 10.4. The summed E-state index contributed by atoms with van der Waals surface area (Å²) in [4.78, 5) is 0. The molecule has 0 aliphatic carbocycles. The number of aryl methyl sites for hydroxylation is 1. The highest BCUT2D eigenvalue weighted by Crippen LogP contribution is 2.17. The minimum absolute atomic E-state index is 0.749. The van der Waals surface area contributed by atoms with Gasteiger partial charge in [-0.3, -0.25) is 4.68 Å². The van der Waals surface area contributed by atoms with Crippen LogP contribution in [0.5, 0.6) is 0 Å². The van der Waals surface area contributed by atoms with Crippen molar-refractivity contribution in [2.45, 2.75) is 26.3 Å². The molecule has 1 aliphatic rings. The number of halogens is 1. The molecule has 0 spiro atoms. The van der Waals surface area contributed by atoms with Crippen LogP contribution in [0.25, 0.3) is 0 Å². The summed E-state index contributed by atoms with van der Waals surface area (Å²) in [5, 5.41) is 4.47. The second-order valence-electron chi connectivity index (χ2n) is 3.88. The molecule has 1 aromatic rings. The second kappa shape index (κ2) is 4.61. The van der Waals surface area contributed by atoms with Crippen LogP contribution in [0, 0.1) is 16.5 Å². The van der Waals surface area contributed by atoms with Crippen LogP contribution in [0.4, 0.5) is 0 Å². The topological polar surface area (TPSA) is 27.1 Å². The number of hydrogen-bond donors (Lipinski definition) is 0. The van der Waals surface area contributed by atoms with Crippen molar-refractivity contribution in [3.8, 4) is 0 Å². The van der Waals surface area contributed by atoms with E-state index in [0.29, 0.717) is 0 Å². The molecule has 78 valence electrons. The Balaban J connectivity index is 1.95. The van der Waals surface area contributed by atoms with Gasteiger partial charge in [0.25, 0.3) is 0 Å². The van der Waals surface area contributed by atoms with Gasteiger partial charge in [0.1, 0.15) is 3.70 Å². The Morgan fingerprint density at radius 3 is 2.86 bits per heavy atom. The van der Waals surface area contributed by atoms with Crippen molar-refractivity contribution in [3.63, 3.8) is 0 Å². The predicted molar refractivity (Wildman–Crippen MR) is 63.2 cm³/mol. The molecule has 3 nitrogen and oxygen atoms in total. The molecule has 0 atom stereocenters. The third-order valence-electron chi connectivity index (χ3n) is 2.67. The minimum atomic E-state index is 0.749. The summed E-state index contributed by atoms with van der Waals surface area (Å²) in [5.74, 6) is 0.749. The zero-order valence-electron chi connectivity index (χ0n) is 8.37. The van der Waals surface area contributed by atoms with Crippen LogP contribution >= 0.6 is 22.6 Å². The molecule has 1 saturated heterocycles. The summed E-state index contributed by atoms with van der Waals surface area (Å²) >= 11 is 2.28. The highest BCUT2D eigenvalue weighted by atomic mass is 127. The lowest BCUT2D eigenvalue weighted by Crippen LogP contribution is -2.20. The van der Waals surface area contributed by atoms with Crippen molar-refractivity contribution in [1.29, 1.82) is 0 Å². The van der Waals surface area contributed by atoms with Gasteiger partial charge in [0, 0.05) is 31.5 Å². The molecule has 0 bridgehead atoms. The first-order chi connectivity index (χ1) is 6.75. The molecule has 0 radical (unpaired) electrons. The molecule has 0 aromatic carbocycles. The Hall–Kier alpha value is -0.100.